The number of rotatable bonds is 6. The van der Waals surface area contributed by atoms with Crippen LogP contribution in [0.1, 0.15) is 25.0 Å². The molecule has 0 fully saturated rings. The first-order valence-corrected chi connectivity index (χ1v) is 8.04. The van der Waals surface area contributed by atoms with E-state index in [0.29, 0.717) is 23.4 Å². The van der Waals surface area contributed by atoms with Gasteiger partial charge in [0.15, 0.2) is 6.10 Å². The van der Waals surface area contributed by atoms with Gasteiger partial charge >= 0.3 is 12.1 Å². The quantitative estimate of drug-likeness (QED) is 0.802. The molecule has 2 amide bonds. The van der Waals surface area contributed by atoms with Crippen LogP contribution < -0.4 is 15.0 Å². The van der Waals surface area contributed by atoms with Crippen molar-refractivity contribution in [2.75, 3.05) is 25.1 Å². The van der Waals surface area contributed by atoms with Crippen LogP contribution in [0.4, 0.5) is 10.5 Å². The van der Waals surface area contributed by atoms with Crippen molar-refractivity contribution in [3.05, 3.63) is 23.3 Å². The number of anilines is 1. The summed E-state index contributed by atoms with van der Waals surface area (Å²) in [5, 5.41) is 11.6. The Morgan fingerprint density at radius 2 is 2.08 bits per heavy atom. The molecule has 25 heavy (non-hydrogen) atoms. The lowest BCUT2D eigenvalue weighted by Gasteiger charge is -2.34. The van der Waals surface area contributed by atoms with Gasteiger partial charge in [0.05, 0.1) is 19.2 Å². The molecule has 0 saturated carbocycles. The lowest BCUT2D eigenvalue weighted by atomic mass is 9.99. The SMILES string of the molecule is CCc1cc2c(cc1CC(=O)O)N(CCNC(=O)OC)C(=O)[C@@H](C)O2. The van der Waals surface area contributed by atoms with Crippen molar-refractivity contribution >= 4 is 23.7 Å². The van der Waals surface area contributed by atoms with Gasteiger partial charge in [-0.15, -0.1) is 0 Å². The molecule has 0 aromatic heterocycles. The molecule has 0 bridgehead atoms. The van der Waals surface area contributed by atoms with Crippen LogP contribution in [0.25, 0.3) is 0 Å². The van der Waals surface area contributed by atoms with E-state index in [1.165, 1.54) is 12.0 Å². The number of carbonyl (C=O) groups is 3. The molecular formula is C17H22N2O6. The van der Waals surface area contributed by atoms with E-state index in [0.717, 1.165) is 5.56 Å². The molecule has 1 aliphatic heterocycles. The number of carboxylic acids is 1. The summed E-state index contributed by atoms with van der Waals surface area (Å²) in [7, 11) is 1.26. The Morgan fingerprint density at radius 3 is 2.68 bits per heavy atom. The molecule has 0 unspecified atom stereocenters. The Hall–Kier alpha value is -2.77. The van der Waals surface area contributed by atoms with Crippen molar-refractivity contribution in [2.24, 2.45) is 0 Å². The van der Waals surface area contributed by atoms with Crippen molar-refractivity contribution in [1.82, 2.24) is 5.32 Å². The van der Waals surface area contributed by atoms with Gasteiger partial charge in [0, 0.05) is 13.1 Å². The summed E-state index contributed by atoms with van der Waals surface area (Å²) in [4.78, 5) is 36.3. The number of nitrogens with one attached hydrogen (secondary N) is 1. The number of methoxy groups -OCH3 is 1. The van der Waals surface area contributed by atoms with Gasteiger partial charge in [0.25, 0.3) is 5.91 Å². The Labute approximate surface area is 145 Å². The number of amides is 2. The fourth-order valence-electron chi connectivity index (χ4n) is 2.77. The van der Waals surface area contributed by atoms with Crippen LogP contribution in [-0.4, -0.2) is 49.4 Å². The second kappa shape index (κ2) is 7.87. The highest BCUT2D eigenvalue weighted by Gasteiger charge is 2.32. The maximum absolute atomic E-state index is 12.5. The average molecular weight is 350 g/mol. The first-order valence-electron chi connectivity index (χ1n) is 8.04. The first-order chi connectivity index (χ1) is 11.9. The van der Waals surface area contributed by atoms with E-state index >= 15 is 0 Å². The number of aryl methyl sites for hydroxylation is 1. The lowest BCUT2D eigenvalue weighted by molar-refractivity contribution is -0.136. The minimum absolute atomic E-state index is 0.131. The van der Waals surface area contributed by atoms with Crippen molar-refractivity contribution in [3.8, 4) is 5.75 Å². The van der Waals surface area contributed by atoms with Crippen LogP contribution in [0.2, 0.25) is 0 Å². The molecule has 0 spiro atoms. The summed E-state index contributed by atoms with van der Waals surface area (Å²) < 4.78 is 10.2. The number of hydrogen-bond acceptors (Lipinski definition) is 5. The van der Waals surface area contributed by atoms with Gasteiger partial charge < -0.3 is 24.8 Å². The first kappa shape index (κ1) is 18.6. The predicted octanol–water partition coefficient (Wildman–Crippen LogP) is 1.35. The van der Waals surface area contributed by atoms with Crippen LogP contribution in [0.3, 0.4) is 0 Å². The van der Waals surface area contributed by atoms with Crippen LogP contribution in [-0.2, 0) is 27.2 Å². The largest absolute Gasteiger partial charge is 0.481 e. The molecule has 0 saturated heterocycles. The molecule has 0 aliphatic carbocycles. The fourth-order valence-corrected chi connectivity index (χ4v) is 2.77. The smallest absolute Gasteiger partial charge is 0.406 e. The molecule has 1 aromatic rings. The topological polar surface area (TPSA) is 105 Å². The van der Waals surface area contributed by atoms with Gasteiger partial charge in [-0.2, -0.15) is 0 Å². The van der Waals surface area contributed by atoms with Crippen LogP contribution in [0.5, 0.6) is 5.75 Å². The molecular weight excluding hydrogens is 328 g/mol. The van der Waals surface area contributed by atoms with E-state index in [-0.39, 0.29) is 25.4 Å². The normalized spacial score (nSPS) is 16.0. The van der Waals surface area contributed by atoms with Gasteiger partial charge in [0.2, 0.25) is 0 Å². The second-order valence-electron chi connectivity index (χ2n) is 5.68. The van der Waals surface area contributed by atoms with Gasteiger partial charge in [0.1, 0.15) is 5.75 Å². The molecule has 2 rings (SSSR count). The van der Waals surface area contributed by atoms with Crippen LogP contribution in [0, 0.1) is 0 Å². The van der Waals surface area contributed by atoms with Crippen molar-refractivity contribution in [1.29, 1.82) is 0 Å². The highest BCUT2D eigenvalue weighted by molar-refractivity contribution is 6.00. The highest BCUT2D eigenvalue weighted by Crippen LogP contribution is 2.37. The Morgan fingerprint density at radius 1 is 1.36 bits per heavy atom. The van der Waals surface area contributed by atoms with E-state index in [4.69, 9.17) is 9.84 Å². The molecule has 136 valence electrons. The number of carboxylic acid groups (broad SMARTS) is 1. The number of alkyl carbamates (subject to hydrolysis) is 1. The Kier molecular flexibility index (Phi) is 5.84. The average Bonchev–Trinajstić information content (AvgIpc) is 2.57. The minimum Gasteiger partial charge on any atom is -0.481 e. The number of nitrogens with zero attached hydrogens (tertiary/aromatic N) is 1. The summed E-state index contributed by atoms with van der Waals surface area (Å²) in [5.74, 6) is -0.647. The third-order valence-electron chi connectivity index (χ3n) is 4.00. The summed E-state index contributed by atoms with van der Waals surface area (Å²) in [6.07, 6.45) is -0.706. The minimum atomic E-state index is -0.940. The third-order valence-corrected chi connectivity index (χ3v) is 4.00. The van der Waals surface area contributed by atoms with Gasteiger partial charge in [-0.3, -0.25) is 9.59 Å². The van der Waals surface area contributed by atoms with Crippen molar-refractivity contribution in [3.63, 3.8) is 0 Å². The monoisotopic (exact) mass is 350 g/mol. The van der Waals surface area contributed by atoms with E-state index in [9.17, 15) is 14.4 Å². The van der Waals surface area contributed by atoms with Crippen molar-refractivity contribution in [2.45, 2.75) is 32.8 Å². The van der Waals surface area contributed by atoms with Gasteiger partial charge in [-0.25, -0.2) is 4.79 Å². The molecule has 8 heteroatoms. The summed E-state index contributed by atoms with van der Waals surface area (Å²) >= 11 is 0. The second-order valence-corrected chi connectivity index (χ2v) is 5.68. The number of fused-ring (bicyclic) bond motifs is 1. The standard InChI is InChI=1S/C17H22N2O6/c1-4-11-8-14-13(7-12(11)9-15(20)21)19(16(22)10(2)25-14)6-5-18-17(23)24-3/h7-8,10H,4-6,9H2,1-3H3,(H,18,23)(H,20,21)/t10-/m1/s1. The molecule has 1 aliphatic rings. The Balaban J connectivity index is 2.33. The van der Waals surface area contributed by atoms with E-state index in [2.05, 4.69) is 10.1 Å². The van der Waals surface area contributed by atoms with Gasteiger partial charge in [-0.1, -0.05) is 6.92 Å². The molecule has 1 heterocycles. The molecule has 8 nitrogen and oxygen atoms in total. The Bertz CT molecular complexity index is 688. The van der Waals surface area contributed by atoms with Crippen molar-refractivity contribution < 1.29 is 29.0 Å². The van der Waals surface area contributed by atoms with Crippen LogP contribution >= 0.6 is 0 Å². The predicted molar refractivity (Wildman–Crippen MR) is 90.0 cm³/mol. The van der Waals surface area contributed by atoms with Crippen LogP contribution in [0.15, 0.2) is 12.1 Å². The lowest BCUT2D eigenvalue weighted by Crippen LogP contribution is -2.47. The van der Waals surface area contributed by atoms with E-state index in [1.807, 2.05) is 6.92 Å². The number of hydrogen-bond donors (Lipinski definition) is 2. The fraction of sp³-hybridized carbons (Fsp3) is 0.471. The molecule has 1 aromatic carbocycles. The zero-order chi connectivity index (χ0) is 18.6. The molecule has 0 radical (unpaired) electrons. The maximum Gasteiger partial charge on any atom is 0.406 e. The molecule has 2 N–H and O–H groups in total. The van der Waals surface area contributed by atoms with E-state index in [1.54, 1.807) is 19.1 Å². The highest BCUT2D eigenvalue weighted by atomic mass is 16.5. The number of ether oxygens (including phenoxy) is 2. The van der Waals surface area contributed by atoms with E-state index < -0.39 is 18.2 Å². The maximum atomic E-state index is 12.5. The zero-order valence-electron chi connectivity index (χ0n) is 14.5. The summed E-state index contributed by atoms with van der Waals surface area (Å²) in [6, 6.07) is 3.47. The number of carbonyl (C=O) groups excluding carboxylic acids is 2. The number of benzene rings is 1. The summed E-state index contributed by atoms with van der Waals surface area (Å²) in [6.45, 7) is 4.02. The summed E-state index contributed by atoms with van der Waals surface area (Å²) in [5.41, 5.74) is 2.03. The third kappa shape index (κ3) is 4.20. The zero-order valence-corrected chi connectivity index (χ0v) is 14.5. The van der Waals surface area contributed by atoms with Gasteiger partial charge in [-0.05, 0) is 36.6 Å². The molecule has 1 atom stereocenters. The number of aliphatic carboxylic acids is 1.